The zero-order valence-corrected chi connectivity index (χ0v) is 18.9. The largest absolute Gasteiger partial charge is 0.490 e. The topological polar surface area (TPSA) is 150 Å². The van der Waals surface area contributed by atoms with Crippen molar-refractivity contribution in [3.63, 3.8) is 0 Å². The first-order chi connectivity index (χ1) is 15.6. The summed E-state index contributed by atoms with van der Waals surface area (Å²) in [6, 6.07) is 15.0. The van der Waals surface area contributed by atoms with Gasteiger partial charge in [-0.05, 0) is 49.2 Å². The van der Waals surface area contributed by atoms with Gasteiger partial charge in [-0.2, -0.15) is 18.4 Å². The van der Waals surface area contributed by atoms with E-state index in [1.807, 2.05) is 12.1 Å². The summed E-state index contributed by atoms with van der Waals surface area (Å²) in [6.07, 6.45) is -4.17. The van der Waals surface area contributed by atoms with Gasteiger partial charge in [0.2, 0.25) is 15.7 Å². The Hall–Kier alpha value is -3.85. The molecule has 0 bridgehead atoms. The number of nitrogens with two attached hydrogens (primary N) is 1. The predicted molar refractivity (Wildman–Crippen MR) is 118 cm³/mol. The van der Waals surface area contributed by atoms with Gasteiger partial charge in [0.1, 0.15) is 0 Å². The number of nitrogens with one attached hydrogen (secondary N) is 1. The molecule has 12 heteroatoms. The van der Waals surface area contributed by atoms with Crippen LogP contribution >= 0.6 is 0 Å². The molecule has 0 fully saturated rings. The third kappa shape index (κ3) is 8.25. The number of hydrogen-bond acceptors (Lipinski definition) is 6. The van der Waals surface area contributed by atoms with Gasteiger partial charge in [-0.1, -0.05) is 24.3 Å². The van der Waals surface area contributed by atoms with E-state index in [-0.39, 0.29) is 10.8 Å². The van der Waals surface area contributed by atoms with E-state index in [9.17, 15) is 26.4 Å². The van der Waals surface area contributed by atoms with E-state index in [1.54, 1.807) is 44.2 Å². The van der Waals surface area contributed by atoms with Crippen LogP contribution in [0.25, 0.3) is 0 Å². The molecule has 0 aliphatic rings. The van der Waals surface area contributed by atoms with Gasteiger partial charge in [0.15, 0.2) is 0 Å². The SMILES string of the molecule is CC(C)(C(=O)NCc1ccc(N)cc1)c1ccc(S(=O)(=O)/C=C/C#N)cc1.O=C(O)C(F)(F)F. The number of sulfone groups is 1. The van der Waals surface area contributed by atoms with Gasteiger partial charge in [-0.25, -0.2) is 13.2 Å². The first kappa shape index (κ1) is 28.2. The summed E-state index contributed by atoms with van der Waals surface area (Å²) in [5.41, 5.74) is 7.07. The molecule has 2 aromatic rings. The summed E-state index contributed by atoms with van der Waals surface area (Å²) < 4.78 is 55.8. The van der Waals surface area contributed by atoms with Crippen molar-refractivity contribution in [1.29, 1.82) is 5.26 Å². The number of benzene rings is 2. The molecule has 2 aromatic carbocycles. The zero-order valence-electron chi connectivity index (χ0n) is 18.1. The molecule has 4 N–H and O–H groups in total. The molecule has 2 rings (SSSR count). The maximum absolute atomic E-state index is 12.6. The molecule has 0 heterocycles. The highest BCUT2D eigenvalue weighted by Gasteiger charge is 2.38. The van der Waals surface area contributed by atoms with Crippen LogP contribution in [0, 0.1) is 11.3 Å². The van der Waals surface area contributed by atoms with Gasteiger partial charge in [-0.3, -0.25) is 4.79 Å². The van der Waals surface area contributed by atoms with Crippen molar-refractivity contribution in [3.8, 4) is 6.07 Å². The third-order valence-electron chi connectivity index (χ3n) is 4.47. The van der Waals surface area contributed by atoms with E-state index in [0.717, 1.165) is 17.0 Å². The van der Waals surface area contributed by atoms with Crippen LogP contribution in [0.15, 0.2) is 64.9 Å². The van der Waals surface area contributed by atoms with Crippen molar-refractivity contribution in [2.75, 3.05) is 5.73 Å². The number of rotatable bonds is 6. The fourth-order valence-corrected chi connectivity index (χ4v) is 3.34. The summed E-state index contributed by atoms with van der Waals surface area (Å²) >= 11 is 0. The molecule has 0 aliphatic carbocycles. The lowest BCUT2D eigenvalue weighted by Crippen LogP contribution is -2.39. The molecule has 1 amide bonds. The van der Waals surface area contributed by atoms with Gasteiger partial charge < -0.3 is 16.2 Å². The smallest absolute Gasteiger partial charge is 0.475 e. The van der Waals surface area contributed by atoms with Gasteiger partial charge in [0.25, 0.3) is 0 Å². The first-order valence-electron chi connectivity index (χ1n) is 9.46. The maximum atomic E-state index is 12.6. The van der Waals surface area contributed by atoms with Crippen LogP contribution in [0.5, 0.6) is 0 Å². The van der Waals surface area contributed by atoms with Crippen LogP contribution in [0.3, 0.4) is 0 Å². The normalized spacial score (nSPS) is 11.8. The second-order valence-electron chi connectivity index (χ2n) is 7.35. The first-order valence-corrected chi connectivity index (χ1v) is 11.0. The minimum Gasteiger partial charge on any atom is -0.475 e. The third-order valence-corrected chi connectivity index (χ3v) is 5.89. The van der Waals surface area contributed by atoms with Crippen molar-refractivity contribution in [3.05, 3.63) is 71.1 Å². The molecule has 0 aromatic heterocycles. The number of hydrogen-bond donors (Lipinski definition) is 3. The van der Waals surface area contributed by atoms with Crippen LogP contribution < -0.4 is 11.1 Å². The molecule has 182 valence electrons. The number of carbonyl (C=O) groups excluding carboxylic acids is 1. The molecule has 0 radical (unpaired) electrons. The Morgan fingerprint density at radius 1 is 1.09 bits per heavy atom. The summed E-state index contributed by atoms with van der Waals surface area (Å²) in [6.45, 7) is 3.91. The molecule has 0 saturated carbocycles. The molecule has 0 saturated heterocycles. The van der Waals surface area contributed by atoms with Crippen molar-refractivity contribution >= 4 is 27.4 Å². The number of nitrogens with zero attached hydrogens (tertiary/aromatic N) is 1. The number of amides is 1. The quantitative estimate of drug-likeness (QED) is 0.409. The van der Waals surface area contributed by atoms with Gasteiger partial charge >= 0.3 is 12.1 Å². The number of aliphatic carboxylic acids is 1. The number of halogens is 3. The zero-order chi connectivity index (χ0) is 26.2. The Morgan fingerprint density at radius 3 is 2.03 bits per heavy atom. The van der Waals surface area contributed by atoms with E-state index in [2.05, 4.69) is 5.32 Å². The van der Waals surface area contributed by atoms with Crippen LogP contribution in [-0.2, 0) is 31.4 Å². The average Bonchev–Trinajstić information content (AvgIpc) is 2.77. The molecule has 0 aliphatic heterocycles. The van der Waals surface area contributed by atoms with Gasteiger partial charge in [0, 0.05) is 23.7 Å². The summed E-state index contributed by atoms with van der Waals surface area (Å²) in [5, 5.41) is 19.3. The fourth-order valence-electron chi connectivity index (χ4n) is 2.43. The van der Waals surface area contributed by atoms with Crippen molar-refractivity contribution in [2.24, 2.45) is 0 Å². The van der Waals surface area contributed by atoms with Crippen LogP contribution in [0.1, 0.15) is 25.0 Å². The van der Waals surface area contributed by atoms with E-state index in [4.69, 9.17) is 20.9 Å². The highest BCUT2D eigenvalue weighted by Crippen LogP contribution is 2.25. The molecular formula is C22H22F3N3O5S. The second-order valence-corrected chi connectivity index (χ2v) is 9.19. The lowest BCUT2D eigenvalue weighted by atomic mass is 9.83. The van der Waals surface area contributed by atoms with E-state index < -0.39 is 27.4 Å². The molecule has 0 spiro atoms. The second kappa shape index (κ2) is 11.3. The molecule has 0 unspecified atom stereocenters. The van der Waals surface area contributed by atoms with Crippen LogP contribution in [-0.4, -0.2) is 31.6 Å². The maximum Gasteiger partial charge on any atom is 0.490 e. The van der Waals surface area contributed by atoms with E-state index in [0.29, 0.717) is 17.8 Å². The highest BCUT2D eigenvalue weighted by molar-refractivity contribution is 7.94. The monoisotopic (exact) mass is 497 g/mol. The highest BCUT2D eigenvalue weighted by atomic mass is 32.2. The van der Waals surface area contributed by atoms with Gasteiger partial charge in [0.05, 0.1) is 16.4 Å². The molecule has 34 heavy (non-hydrogen) atoms. The van der Waals surface area contributed by atoms with Crippen LogP contribution in [0.4, 0.5) is 18.9 Å². The average molecular weight is 497 g/mol. The van der Waals surface area contributed by atoms with E-state index in [1.165, 1.54) is 12.1 Å². The number of nitriles is 1. The number of carboxylic acids is 1. The van der Waals surface area contributed by atoms with Crippen LogP contribution in [0.2, 0.25) is 0 Å². The number of carboxylic acid groups (broad SMARTS) is 1. The number of carbonyl (C=O) groups is 2. The predicted octanol–water partition coefficient (Wildman–Crippen LogP) is 3.31. The number of allylic oxidation sites excluding steroid dienone is 1. The Bertz CT molecular complexity index is 1180. The number of nitrogen functional groups attached to an aromatic ring is 1. The van der Waals surface area contributed by atoms with Crippen molar-refractivity contribution < 1.29 is 36.3 Å². The molecule has 0 atom stereocenters. The number of alkyl halides is 3. The standard InChI is InChI=1S/C20H21N3O3S.C2HF3O2/c1-20(2,19(24)23-14-15-4-8-17(22)9-5-15)16-6-10-18(11-7-16)27(25,26)13-3-12-21;3-2(4,5)1(6)7/h3-11,13H,14,22H2,1-2H3,(H,23,24);(H,6,7)/b13-3+;. The minimum atomic E-state index is -5.08. The summed E-state index contributed by atoms with van der Waals surface area (Å²) in [5.74, 6) is -2.94. The lowest BCUT2D eigenvalue weighted by Gasteiger charge is -2.24. The Kier molecular flexibility index (Phi) is 9.39. The number of anilines is 1. The van der Waals surface area contributed by atoms with Gasteiger partial charge in [-0.15, -0.1) is 0 Å². The fraction of sp³-hybridized carbons (Fsp3) is 0.227. The molecule has 8 nitrogen and oxygen atoms in total. The van der Waals surface area contributed by atoms with Crippen molar-refractivity contribution in [1.82, 2.24) is 5.32 Å². The Morgan fingerprint density at radius 2 is 1.59 bits per heavy atom. The Labute approximate surface area is 194 Å². The summed E-state index contributed by atoms with van der Waals surface area (Å²) in [4.78, 5) is 21.6. The van der Waals surface area contributed by atoms with Crippen molar-refractivity contribution in [2.45, 2.75) is 36.9 Å². The summed E-state index contributed by atoms with van der Waals surface area (Å²) in [7, 11) is -3.67. The minimum absolute atomic E-state index is 0.0656. The molecular weight excluding hydrogens is 475 g/mol. The van der Waals surface area contributed by atoms with E-state index >= 15 is 0 Å². The Balaban J connectivity index is 0.000000718. The lowest BCUT2D eigenvalue weighted by molar-refractivity contribution is -0.192.